The summed E-state index contributed by atoms with van der Waals surface area (Å²) in [5.74, 6) is 1.20. The number of para-hydroxylation sites is 1. The number of anilines is 3. The molecule has 11 nitrogen and oxygen atoms in total. The van der Waals surface area contributed by atoms with Crippen LogP contribution >= 0.6 is 7.60 Å². The van der Waals surface area contributed by atoms with Crippen LogP contribution in [0.15, 0.2) is 73.1 Å². The van der Waals surface area contributed by atoms with Crippen LogP contribution in [0.3, 0.4) is 0 Å². The van der Waals surface area contributed by atoms with E-state index >= 15 is 0 Å². The Morgan fingerprint density at radius 3 is 2.40 bits per heavy atom. The number of aromatic nitrogens is 2. The minimum Gasteiger partial charge on any atom is -0.810 e. The van der Waals surface area contributed by atoms with E-state index in [2.05, 4.69) is 20.6 Å². The van der Waals surface area contributed by atoms with Crippen molar-refractivity contribution in [1.29, 1.82) is 0 Å². The second kappa shape index (κ2) is 12.5. The number of amides is 1. The molecule has 220 valence electrons. The highest BCUT2D eigenvalue weighted by Gasteiger charge is 2.39. The molecule has 2 heterocycles. The molecule has 42 heavy (non-hydrogen) atoms. The Kier molecular flexibility index (Phi) is 8.74. The second-order valence-electron chi connectivity index (χ2n) is 9.95. The third kappa shape index (κ3) is 6.24. The van der Waals surface area contributed by atoms with Gasteiger partial charge in [0.1, 0.15) is 35.5 Å². The summed E-state index contributed by atoms with van der Waals surface area (Å²) in [6.07, 6.45) is 1.46. The van der Waals surface area contributed by atoms with Crippen molar-refractivity contribution in [2.75, 3.05) is 23.8 Å². The normalized spacial score (nSPS) is 15.4. The Bertz CT molecular complexity index is 1590. The number of carbonyl (C=O) groups excluding carboxylic acids is 1. The molecule has 1 amide bonds. The lowest BCUT2D eigenvalue weighted by atomic mass is 10.0. The van der Waals surface area contributed by atoms with E-state index in [4.69, 9.17) is 14.2 Å². The van der Waals surface area contributed by atoms with E-state index in [1.165, 1.54) is 20.2 Å². The highest BCUT2D eigenvalue weighted by Crippen LogP contribution is 2.49. The summed E-state index contributed by atoms with van der Waals surface area (Å²) in [5, 5.41) is 4.37. The Morgan fingerprint density at radius 1 is 1.05 bits per heavy atom. The van der Waals surface area contributed by atoms with Crippen molar-refractivity contribution >= 4 is 41.6 Å². The third-order valence-electron chi connectivity index (χ3n) is 7.38. The van der Waals surface area contributed by atoms with Crippen LogP contribution in [0, 0.1) is 0 Å². The van der Waals surface area contributed by atoms with Gasteiger partial charge in [-0.15, -0.1) is 0 Å². The molecule has 1 atom stereocenters. The van der Waals surface area contributed by atoms with Crippen LogP contribution in [0.2, 0.25) is 0 Å². The average Bonchev–Trinajstić information content (AvgIpc) is 3.49. The number of fused-ring (bicyclic) bond motifs is 1. The summed E-state index contributed by atoms with van der Waals surface area (Å²) in [4.78, 5) is 46.6. The predicted octanol–water partition coefficient (Wildman–Crippen LogP) is 4.74. The van der Waals surface area contributed by atoms with Crippen LogP contribution in [0.5, 0.6) is 17.2 Å². The molecule has 0 saturated carbocycles. The molecule has 0 unspecified atom stereocenters. The monoisotopic (exact) mass is 590 g/mol. The number of nitrogens with one attached hydrogen (secondary N) is 2. The van der Waals surface area contributed by atoms with E-state index < -0.39 is 18.7 Å². The van der Waals surface area contributed by atoms with Gasteiger partial charge in [0.2, 0.25) is 5.91 Å². The number of nitrogens with zero attached hydrogens (tertiary/aromatic N) is 2. The molecular formula is C30H31N4O7P-2. The van der Waals surface area contributed by atoms with Gasteiger partial charge in [-0.1, -0.05) is 39.6 Å². The number of rotatable bonds is 11. The fourth-order valence-electron chi connectivity index (χ4n) is 4.85. The fourth-order valence-corrected chi connectivity index (χ4v) is 5.93. The van der Waals surface area contributed by atoms with Crippen molar-refractivity contribution in [3.8, 4) is 17.2 Å². The van der Waals surface area contributed by atoms with Crippen molar-refractivity contribution in [2.45, 2.75) is 44.4 Å². The quantitative estimate of drug-likeness (QED) is 0.234. The van der Waals surface area contributed by atoms with E-state index in [0.717, 1.165) is 11.4 Å². The van der Waals surface area contributed by atoms with Crippen LogP contribution in [0.25, 0.3) is 10.9 Å². The number of benzene rings is 3. The zero-order chi connectivity index (χ0) is 29.7. The Labute approximate surface area is 243 Å². The maximum Gasteiger partial charge on any atom is 0.235 e. The molecule has 2 N–H and O–H groups in total. The van der Waals surface area contributed by atoms with Gasteiger partial charge in [0.25, 0.3) is 0 Å². The molecule has 4 aromatic rings. The SMILES string of the molecule is CCC(CC)(C(=O)Nc1cc2c(Nc3ccc(Oc4ccccc4)cc3)ncnc2cc1O[C@H]1CCOC1)P(=O)([O-])[O-]. The first-order chi connectivity index (χ1) is 20.2. The number of carbonyl (C=O) groups is 1. The Morgan fingerprint density at radius 2 is 1.76 bits per heavy atom. The maximum absolute atomic E-state index is 13.4. The van der Waals surface area contributed by atoms with Crippen molar-refractivity contribution in [2.24, 2.45) is 0 Å². The number of hydrogen-bond donors (Lipinski definition) is 2. The van der Waals surface area contributed by atoms with Crippen molar-refractivity contribution in [3.05, 3.63) is 73.1 Å². The standard InChI is InChI=1S/C30H33N4O7P/c1-3-30(4-2,42(36,37)38)29(35)34-26-16-24-25(17-27(26)41-23-14-15-39-18-23)31-19-32-28(24)33-20-10-12-22(13-11-20)40-21-8-6-5-7-9-21/h5-13,16-17,19,23H,3-4,14-15,18H2,1-2H3,(H,34,35)(H,31,32,33)(H2,36,37,38)/p-2/t23-/m0/s1. The second-order valence-corrected chi connectivity index (χ2v) is 11.8. The minimum atomic E-state index is -5.29. The van der Waals surface area contributed by atoms with Crippen molar-refractivity contribution < 1.29 is 33.4 Å². The molecule has 0 bridgehead atoms. The van der Waals surface area contributed by atoms with Gasteiger partial charge in [-0.25, -0.2) is 9.97 Å². The summed E-state index contributed by atoms with van der Waals surface area (Å²) in [6.45, 7) is 3.92. The molecule has 0 aliphatic carbocycles. The first-order valence-corrected chi connectivity index (χ1v) is 15.2. The summed E-state index contributed by atoms with van der Waals surface area (Å²) in [7, 11) is -5.29. The van der Waals surface area contributed by atoms with Crippen molar-refractivity contribution in [1.82, 2.24) is 9.97 Å². The molecule has 1 aliphatic rings. The summed E-state index contributed by atoms with van der Waals surface area (Å²) >= 11 is 0. The first-order valence-electron chi connectivity index (χ1n) is 13.7. The maximum atomic E-state index is 13.4. The largest absolute Gasteiger partial charge is 0.810 e. The smallest absolute Gasteiger partial charge is 0.235 e. The number of hydrogen-bond acceptors (Lipinski definition) is 10. The van der Waals surface area contributed by atoms with Crippen LogP contribution in [-0.4, -0.2) is 40.3 Å². The molecule has 1 aromatic heterocycles. The van der Waals surface area contributed by atoms with Crippen LogP contribution < -0.4 is 29.9 Å². The Hall–Kier alpha value is -4.02. The zero-order valence-corrected chi connectivity index (χ0v) is 24.1. The highest BCUT2D eigenvalue weighted by atomic mass is 31.2. The predicted molar refractivity (Wildman–Crippen MR) is 155 cm³/mol. The summed E-state index contributed by atoms with van der Waals surface area (Å²) in [5.41, 5.74) is 1.45. The van der Waals surface area contributed by atoms with Gasteiger partial charge in [0.15, 0.2) is 0 Å². The molecule has 0 spiro atoms. The average molecular weight is 591 g/mol. The van der Waals surface area contributed by atoms with Gasteiger partial charge in [-0.05, 0) is 55.3 Å². The molecule has 0 radical (unpaired) electrons. The molecule has 12 heteroatoms. The van der Waals surface area contributed by atoms with Gasteiger partial charge in [0.05, 0.1) is 29.6 Å². The number of ether oxygens (including phenoxy) is 3. The zero-order valence-electron chi connectivity index (χ0n) is 23.2. The fraction of sp³-hybridized carbons (Fsp3) is 0.300. The molecule has 5 rings (SSSR count). The van der Waals surface area contributed by atoms with Crippen LogP contribution in [0.4, 0.5) is 17.2 Å². The van der Waals surface area contributed by atoms with E-state index in [1.54, 1.807) is 12.1 Å². The lowest BCUT2D eigenvalue weighted by Gasteiger charge is -2.47. The van der Waals surface area contributed by atoms with Gasteiger partial charge < -0.3 is 39.2 Å². The van der Waals surface area contributed by atoms with Gasteiger partial charge in [-0.2, -0.15) is 0 Å². The van der Waals surface area contributed by atoms with E-state index in [0.29, 0.717) is 42.1 Å². The molecule has 1 aliphatic heterocycles. The summed E-state index contributed by atoms with van der Waals surface area (Å²) < 4.78 is 29.7. The topological polar surface area (TPSA) is 158 Å². The van der Waals surface area contributed by atoms with Crippen LogP contribution in [-0.2, 0) is 14.1 Å². The molecule has 1 fully saturated rings. The van der Waals surface area contributed by atoms with Gasteiger partial charge in [0, 0.05) is 23.6 Å². The van der Waals surface area contributed by atoms with Gasteiger partial charge in [-0.3, -0.25) is 4.79 Å². The molecule has 3 aromatic carbocycles. The Balaban J connectivity index is 1.47. The highest BCUT2D eigenvalue weighted by molar-refractivity contribution is 7.52. The van der Waals surface area contributed by atoms with Crippen molar-refractivity contribution in [3.63, 3.8) is 0 Å². The lowest BCUT2D eigenvalue weighted by Crippen LogP contribution is -2.48. The minimum absolute atomic E-state index is 0.167. The van der Waals surface area contributed by atoms with Crippen LogP contribution in [0.1, 0.15) is 33.1 Å². The van der Waals surface area contributed by atoms with E-state index in [1.807, 2.05) is 54.6 Å². The first kappa shape index (κ1) is 29.5. The molecule has 1 saturated heterocycles. The molecular weight excluding hydrogens is 559 g/mol. The van der Waals surface area contributed by atoms with E-state index in [-0.39, 0.29) is 30.4 Å². The van der Waals surface area contributed by atoms with Gasteiger partial charge >= 0.3 is 0 Å². The summed E-state index contributed by atoms with van der Waals surface area (Å²) in [6, 6.07) is 20.0. The lowest BCUT2D eigenvalue weighted by molar-refractivity contribution is -0.319. The van der Waals surface area contributed by atoms with E-state index in [9.17, 15) is 19.1 Å². The third-order valence-corrected chi connectivity index (χ3v) is 9.26.